The number of benzene rings is 3. The van der Waals surface area contributed by atoms with Gasteiger partial charge < -0.3 is 19.5 Å². The quantitative estimate of drug-likeness (QED) is 0.608. The maximum atomic E-state index is 12.7. The van der Waals surface area contributed by atoms with Crippen LogP contribution < -0.4 is 19.5 Å². The number of nitrogens with zero attached hydrogens (tertiary/aromatic N) is 1. The topological polar surface area (TPSA) is 80.6 Å². The van der Waals surface area contributed by atoms with Crippen molar-refractivity contribution in [2.24, 2.45) is 0 Å². The van der Waals surface area contributed by atoms with E-state index in [1.807, 2.05) is 30.3 Å². The largest absolute Gasteiger partial charge is 0.493 e. The molecule has 0 radical (unpaired) electrons. The van der Waals surface area contributed by atoms with Crippen LogP contribution in [0.4, 0.5) is 0 Å². The molecule has 0 spiro atoms. The van der Waals surface area contributed by atoms with Gasteiger partial charge in [0.1, 0.15) is 18.4 Å². The summed E-state index contributed by atoms with van der Waals surface area (Å²) in [6.45, 7) is 0.453. The second kappa shape index (κ2) is 9.99. The lowest BCUT2D eigenvalue weighted by Crippen LogP contribution is -2.28. The van der Waals surface area contributed by atoms with Crippen molar-refractivity contribution in [1.29, 1.82) is 5.26 Å². The first kappa shape index (κ1) is 20.7. The Morgan fingerprint density at radius 2 is 1.70 bits per heavy atom. The van der Waals surface area contributed by atoms with Crippen molar-refractivity contribution in [3.63, 3.8) is 0 Å². The lowest BCUT2D eigenvalue weighted by atomic mass is 10.1. The van der Waals surface area contributed by atoms with Crippen LogP contribution in [-0.2, 0) is 6.61 Å². The van der Waals surface area contributed by atoms with E-state index in [2.05, 4.69) is 11.4 Å². The molecule has 1 N–H and O–H groups in total. The molecule has 30 heavy (non-hydrogen) atoms. The van der Waals surface area contributed by atoms with Gasteiger partial charge in [-0.15, -0.1) is 0 Å². The van der Waals surface area contributed by atoms with E-state index < -0.39 is 11.9 Å². The second-order valence-corrected chi connectivity index (χ2v) is 6.42. The van der Waals surface area contributed by atoms with Crippen molar-refractivity contribution in [2.75, 3.05) is 14.2 Å². The highest BCUT2D eigenvalue weighted by Gasteiger charge is 2.20. The van der Waals surface area contributed by atoms with Gasteiger partial charge in [0, 0.05) is 0 Å². The van der Waals surface area contributed by atoms with Gasteiger partial charge in [0.2, 0.25) is 0 Å². The van der Waals surface area contributed by atoms with E-state index in [4.69, 9.17) is 14.2 Å². The Balaban J connectivity index is 1.69. The summed E-state index contributed by atoms with van der Waals surface area (Å²) < 4.78 is 16.3. The van der Waals surface area contributed by atoms with Gasteiger partial charge in [0.25, 0.3) is 5.91 Å². The Labute approximate surface area is 175 Å². The summed E-state index contributed by atoms with van der Waals surface area (Å²) in [6, 6.07) is 23.2. The molecule has 152 valence electrons. The van der Waals surface area contributed by atoms with Gasteiger partial charge in [-0.25, -0.2) is 0 Å². The van der Waals surface area contributed by atoms with Gasteiger partial charge in [-0.3, -0.25) is 4.79 Å². The number of hydrogen-bond acceptors (Lipinski definition) is 5. The zero-order valence-corrected chi connectivity index (χ0v) is 16.8. The fourth-order valence-corrected chi connectivity index (χ4v) is 2.96. The Morgan fingerprint density at radius 1 is 0.967 bits per heavy atom. The lowest BCUT2D eigenvalue weighted by molar-refractivity contribution is 0.0941. The molecule has 0 aliphatic rings. The van der Waals surface area contributed by atoms with Gasteiger partial charge in [-0.05, 0) is 35.4 Å². The Kier molecular flexibility index (Phi) is 6.91. The maximum Gasteiger partial charge on any atom is 0.256 e. The number of ether oxygens (including phenoxy) is 3. The van der Waals surface area contributed by atoms with Crippen LogP contribution in [0.25, 0.3) is 0 Å². The van der Waals surface area contributed by atoms with Crippen LogP contribution in [0.1, 0.15) is 27.5 Å². The number of rotatable bonds is 8. The van der Waals surface area contributed by atoms with Crippen LogP contribution in [0.3, 0.4) is 0 Å². The SMILES string of the molecule is COc1cccc(C(=O)N[C@H](C#N)c2ccc(OCc3ccccc3)cc2)c1OC. The third kappa shape index (κ3) is 4.89. The van der Waals surface area contributed by atoms with Gasteiger partial charge in [0.15, 0.2) is 11.5 Å². The molecular weight excluding hydrogens is 380 g/mol. The van der Waals surface area contributed by atoms with Crippen LogP contribution in [0, 0.1) is 11.3 Å². The Bertz CT molecular complexity index is 1030. The number of amides is 1. The van der Waals surface area contributed by atoms with E-state index in [0.717, 1.165) is 5.56 Å². The van der Waals surface area contributed by atoms with Crippen LogP contribution in [0.15, 0.2) is 72.8 Å². The first-order valence-corrected chi connectivity index (χ1v) is 9.34. The summed E-state index contributed by atoms with van der Waals surface area (Å²) in [7, 11) is 2.96. The number of nitrogens with one attached hydrogen (secondary N) is 1. The normalized spacial score (nSPS) is 11.1. The number of carbonyl (C=O) groups excluding carboxylic acids is 1. The highest BCUT2D eigenvalue weighted by molar-refractivity contribution is 5.98. The summed E-state index contributed by atoms with van der Waals surface area (Å²) in [5.41, 5.74) is 2.01. The number of methoxy groups -OCH3 is 2. The molecular formula is C24H22N2O4. The van der Waals surface area contributed by atoms with Crippen molar-refractivity contribution >= 4 is 5.91 Å². The second-order valence-electron chi connectivity index (χ2n) is 6.42. The number of carbonyl (C=O) groups is 1. The van der Waals surface area contributed by atoms with Crippen molar-refractivity contribution in [2.45, 2.75) is 12.6 Å². The monoisotopic (exact) mass is 402 g/mol. The smallest absolute Gasteiger partial charge is 0.256 e. The highest BCUT2D eigenvalue weighted by Crippen LogP contribution is 2.31. The van der Waals surface area contributed by atoms with Gasteiger partial charge in [-0.1, -0.05) is 48.5 Å². The van der Waals surface area contributed by atoms with E-state index >= 15 is 0 Å². The molecule has 0 aliphatic heterocycles. The molecule has 6 heteroatoms. The minimum atomic E-state index is -0.823. The molecule has 3 aromatic rings. The zero-order valence-electron chi connectivity index (χ0n) is 16.8. The van der Waals surface area contributed by atoms with Gasteiger partial charge >= 0.3 is 0 Å². The van der Waals surface area contributed by atoms with Gasteiger partial charge in [-0.2, -0.15) is 5.26 Å². The van der Waals surface area contributed by atoms with E-state index in [1.54, 1.807) is 42.5 Å². The number of hydrogen-bond donors (Lipinski definition) is 1. The Hall–Kier alpha value is -3.98. The van der Waals surface area contributed by atoms with Crippen molar-refractivity contribution in [1.82, 2.24) is 5.32 Å². The molecule has 0 aromatic heterocycles. The molecule has 0 unspecified atom stereocenters. The van der Waals surface area contributed by atoms with Crippen LogP contribution in [0.5, 0.6) is 17.2 Å². The van der Waals surface area contributed by atoms with Crippen molar-refractivity contribution < 1.29 is 19.0 Å². The van der Waals surface area contributed by atoms with Crippen molar-refractivity contribution in [3.05, 3.63) is 89.5 Å². The molecule has 0 saturated heterocycles. The first-order valence-electron chi connectivity index (χ1n) is 9.34. The fraction of sp³-hybridized carbons (Fsp3) is 0.167. The molecule has 3 aromatic carbocycles. The van der Waals surface area contributed by atoms with Crippen LogP contribution in [-0.4, -0.2) is 20.1 Å². The van der Waals surface area contributed by atoms with E-state index in [0.29, 0.717) is 35.0 Å². The third-order valence-electron chi connectivity index (χ3n) is 4.51. The average molecular weight is 402 g/mol. The lowest BCUT2D eigenvalue weighted by Gasteiger charge is -2.16. The third-order valence-corrected chi connectivity index (χ3v) is 4.51. The fourth-order valence-electron chi connectivity index (χ4n) is 2.96. The zero-order chi connectivity index (χ0) is 21.3. The highest BCUT2D eigenvalue weighted by atomic mass is 16.5. The summed E-state index contributed by atoms with van der Waals surface area (Å²) in [6.07, 6.45) is 0. The maximum absolute atomic E-state index is 12.7. The van der Waals surface area contributed by atoms with Crippen LogP contribution >= 0.6 is 0 Å². The summed E-state index contributed by atoms with van der Waals surface area (Å²) in [4.78, 5) is 12.7. The molecule has 3 rings (SSSR count). The Morgan fingerprint density at radius 3 is 2.33 bits per heavy atom. The molecule has 0 heterocycles. The molecule has 0 aliphatic carbocycles. The average Bonchev–Trinajstić information content (AvgIpc) is 2.81. The minimum absolute atomic E-state index is 0.292. The molecule has 1 amide bonds. The molecule has 1 atom stereocenters. The van der Waals surface area contributed by atoms with E-state index in [1.165, 1.54) is 14.2 Å². The number of nitriles is 1. The van der Waals surface area contributed by atoms with Crippen molar-refractivity contribution in [3.8, 4) is 23.3 Å². The van der Waals surface area contributed by atoms with Gasteiger partial charge in [0.05, 0.1) is 25.9 Å². The molecule has 6 nitrogen and oxygen atoms in total. The summed E-state index contributed by atoms with van der Waals surface area (Å²) >= 11 is 0. The molecule has 0 saturated carbocycles. The van der Waals surface area contributed by atoms with E-state index in [9.17, 15) is 10.1 Å². The summed E-state index contributed by atoms with van der Waals surface area (Å²) in [5.74, 6) is 1.01. The first-order chi connectivity index (χ1) is 14.7. The predicted octanol–water partition coefficient (Wildman–Crippen LogP) is 4.28. The molecule has 0 bridgehead atoms. The number of para-hydroxylation sites is 1. The van der Waals surface area contributed by atoms with Crippen LogP contribution in [0.2, 0.25) is 0 Å². The minimum Gasteiger partial charge on any atom is -0.493 e. The summed E-state index contributed by atoms with van der Waals surface area (Å²) in [5, 5.41) is 12.3. The molecule has 0 fully saturated rings. The van der Waals surface area contributed by atoms with E-state index in [-0.39, 0.29) is 0 Å². The predicted molar refractivity (Wildman–Crippen MR) is 113 cm³/mol. The standard InChI is InChI=1S/C24H22N2O4/c1-28-22-10-6-9-20(23(22)29-2)24(27)26-21(15-25)18-11-13-19(14-12-18)30-16-17-7-4-3-5-8-17/h3-14,21H,16H2,1-2H3,(H,26,27)/t21-/m1/s1.